The van der Waals surface area contributed by atoms with Crippen molar-refractivity contribution in [2.24, 2.45) is 0 Å². The maximum atomic E-state index is 12.8. The predicted molar refractivity (Wildman–Crippen MR) is 119 cm³/mol. The predicted octanol–water partition coefficient (Wildman–Crippen LogP) is 5.34. The monoisotopic (exact) mass is 454 g/mol. The summed E-state index contributed by atoms with van der Waals surface area (Å²) >= 11 is 0. The number of halogens is 3. The van der Waals surface area contributed by atoms with Gasteiger partial charge in [0.25, 0.3) is 5.56 Å². The number of amides is 1. The highest BCUT2D eigenvalue weighted by molar-refractivity contribution is 5.79. The Morgan fingerprint density at radius 1 is 1.06 bits per heavy atom. The molecule has 8 heteroatoms. The van der Waals surface area contributed by atoms with Crippen molar-refractivity contribution in [3.8, 4) is 11.1 Å². The summed E-state index contributed by atoms with van der Waals surface area (Å²) in [5.41, 5.74) is 2.30. The van der Waals surface area contributed by atoms with Crippen molar-refractivity contribution in [1.29, 1.82) is 0 Å². The van der Waals surface area contributed by atoms with E-state index in [9.17, 15) is 22.8 Å². The Bertz CT molecular complexity index is 1200. The van der Waals surface area contributed by atoms with Gasteiger partial charge in [-0.1, -0.05) is 60.7 Å². The topological polar surface area (TPSA) is 71.2 Å². The number of aromatic nitrogens is 1. The number of H-pyrrole nitrogens is 1. The molecular formula is C25H21F3N2O3. The smallest absolute Gasteiger partial charge is 0.421 e. The Kier molecular flexibility index (Phi) is 6.35. The van der Waals surface area contributed by atoms with Crippen LogP contribution in [0.15, 0.2) is 71.7 Å². The number of nitrogens with one attached hydrogen (secondary N) is 2. The third-order valence-electron chi connectivity index (χ3n) is 5.47. The van der Waals surface area contributed by atoms with Gasteiger partial charge in [-0.2, -0.15) is 13.2 Å². The fourth-order valence-electron chi connectivity index (χ4n) is 3.93. The molecule has 0 bridgehead atoms. The van der Waals surface area contributed by atoms with Crippen molar-refractivity contribution in [2.75, 3.05) is 13.2 Å². The van der Waals surface area contributed by atoms with Crippen LogP contribution in [0.1, 0.15) is 34.6 Å². The van der Waals surface area contributed by atoms with E-state index in [0.717, 1.165) is 28.3 Å². The van der Waals surface area contributed by atoms with E-state index in [1.165, 1.54) is 12.3 Å². The molecule has 4 rings (SSSR count). The minimum absolute atomic E-state index is 0.0360. The Morgan fingerprint density at radius 3 is 2.33 bits per heavy atom. The van der Waals surface area contributed by atoms with E-state index in [0.29, 0.717) is 6.42 Å². The Morgan fingerprint density at radius 2 is 1.70 bits per heavy atom. The first-order valence-corrected chi connectivity index (χ1v) is 10.4. The fourth-order valence-corrected chi connectivity index (χ4v) is 3.93. The van der Waals surface area contributed by atoms with Gasteiger partial charge in [-0.05, 0) is 40.3 Å². The van der Waals surface area contributed by atoms with Crippen LogP contribution < -0.4 is 10.9 Å². The summed E-state index contributed by atoms with van der Waals surface area (Å²) < 4.78 is 43.8. The largest absolute Gasteiger partial charge is 0.449 e. The van der Waals surface area contributed by atoms with Gasteiger partial charge in [0.05, 0.1) is 0 Å². The number of carbonyl (C=O) groups is 1. The summed E-state index contributed by atoms with van der Waals surface area (Å²) in [5.74, 6) is -0.0360. The summed E-state index contributed by atoms with van der Waals surface area (Å²) in [6.07, 6.45) is -0.642. The van der Waals surface area contributed by atoms with Crippen LogP contribution in [0.4, 0.5) is 18.0 Å². The number of pyridine rings is 1. The van der Waals surface area contributed by atoms with Gasteiger partial charge >= 0.3 is 12.3 Å². The van der Waals surface area contributed by atoms with E-state index in [1.807, 2.05) is 36.4 Å². The number of carbonyl (C=O) groups excluding carboxylic acids is 1. The Balaban J connectivity index is 1.28. The maximum absolute atomic E-state index is 12.8. The summed E-state index contributed by atoms with van der Waals surface area (Å²) in [5, 5.41) is 2.64. The molecule has 170 valence electrons. The molecule has 1 heterocycles. The number of fused-ring (bicyclic) bond motifs is 3. The van der Waals surface area contributed by atoms with Crippen LogP contribution in [0.25, 0.3) is 17.2 Å². The van der Waals surface area contributed by atoms with Gasteiger partial charge in [-0.15, -0.1) is 0 Å². The van der Waals surface area contributed by atoms with Gasteiger partial charge in [0.1, 0.15) is 12.2 Å². The first kappa shape index (κ1) is 22.4. The van der Waals surface area contributed by atoms with E-state index >= 15 is 0 Å². The molecule has 3 aromatic rings. The van der Waals surface area contributed by atoms with Crippen molar-refractivity contribution < 1.29 is 22.7 Å². The van der Waals surface area contributed by atoms with Gasteiger partial charge < -0.3 is 15.0 Å². The SMILES string of the molecule is O=C(NCCC=Cc1c[nH]c(=O)c(C(F)(F)F)c1)OCC1c2ccccc2-c2ccccc21. The fraction of sp³-hybridized carbons (Fsp3) is 0.200. The molecule has 1 aromatic heterocycles. The Hall–Kier alpha value is -3.81. The second kappa shape index (κ2) is 9.36. The molecule has 5 nitrogen and oxygen atoms in total. The maximum Gasteiger partial charge on any atom is 0.421 e. The summed E-state index contributed by atoms with van der Waals surface area (Å²) in [7, 11) is 0. The lowest BCUT2D eigenvalue weighted by Gasteiger charge is -2.14. The van der Waals surface area contributed by atoms with Gasteiger partial charge in [0.15, 0.2) is 0 Å². The number of rotatable bonds is 6. The molecule has 1 amide bonds. The van der Waals surface area contributed by atoms with Gasteiger partial charge in [0, 0.05) is 18.7 Å². The highest BCUT2D eigenvalue weighted by Crippen LogP contribution is 2.44. The quantitative estimate of drug-likeness (QED) is 0.494. The van der Waals surface area contributed by atoms with E-state index in [1.54, 1.807) is 6.08 Å². The van der Waals surface area contributed by atoms with Crippen LogP contribution in [-0.4, -0.2) is 24.2 Å². The molecule has 0 spiro atoms. The molecule has 0 radical (unpaired) electrons. The molecule has 0 fully saturated rings. The summed E-state index contributed by atoms with van der Waals surface area (Å²) in [6, 6.07) is 16.9. The highest BCUT2D eigenvalue weighted by Gasteiger charge is 2.34. The van der Waals surface area contributed by atoms with Crippen LogP contribution in [0.5, 0.6) is 0 Å². The number of alkyl carbamates (subject to hydrolysis) is 1. The first-order valence-electron chi connectivity index (χ1n) is 10.4. The number of ether oxygens (including phenoxy) is 1. The molecule has 1 aliphatic carbocycles. The van der Waals surface area contributed by atoms with Crippen molar-refractivity contribution in [1.82, 2.24) is 10.3 Å². The lowest BCUT2D eigenvalue weighted by Crippen LogP contribution is -2.26. The van der Waals surface area contributed by atoms with Crippen LogP contribution in [-0.2, 0) is 10.9 Å². The van der Waals surface area contributed by atoms with Crippen LogP contribution in [0, 0.1) is 0 Å². The molecule has 2 aromatic carbocycles. The minimum Gasteiger partial charge on any atom is -0.449 e. The molecule has 0 aliphatic heterocycles. The van der Waals surface area contributed by atoms with Crippen LogP contribution >= 0.6 is 0 Å². The zero-order chi connectivity index (χ0) is 23.4. The second-order valence-corrected chi connectivity index (χ2v) is 7.62. The third-order valence-corrected chi connectivity index (χ3v) is 5.47. The second-order valence-electron chi connectivity index (χ2n) is 7.62. The summed E-state index contributed by atoms with van der Waals surface area (Å²) in [6.45, 7) is 0.454. The molecule has 0 saturated heterocycles. The summed E-state index contributed by atoms with van der Waals surface area (Å²) in [4.78, 5) is 25.5. The minimum atomic E-state index is -4.72. The highest BCUT2D eigenvalue weighted by atomic mass is 19.4. The van der Waals surface area contributed by atoms with Crippen molar-refractivity contribution in [2.45, 2.75) is 18.5 Å². The van der Waals surface area contributed by atoms with Crippen molar-refractivity contribution in [3.63, 3.8) is 0 Å². The van der Waals surface area contributed by atoms with E-state index in [4.69, 9.17) is 4.74 Å². The number of benzene rings is 2. The average molecular weight is 454 g/mol. The lowest BCUT2D eigenvalue weighted by molar-refractivity contribution is -0.138. The molecule has 2 N–H and O–H groups in total. The number of hydrogen-bond donors (Lipinski definition) is 2. The molecule has 0 saturated carbocycles. The molecular weight excluding hydrogens is 433 g/mol. The van der Waals surface area contributed by atoms with Crippen molar-refractivity contribution in [3.05, 3.63) is 99.5 Å². The number of aromatic amines is 1. The van der Waals surface area contributed by atoms with Crippen LogP contribution in [0.3, 0.4) is 0 Å². The molecule has 33 heavy (non-hydrogen) atoms. The van der Waals surface area contributed by atoms with Crippen molar-refractivity contribution >= 4 is 12.2 Å². The molecule has 0 unspecified atom stereocenters. The van der Waals surface area contributed by atoms with Gasteiger partial charge in [-0.3, -0.25) is 4.79 Å². The average Bonchev–Trinajstić information content (AvgIpc) is 3.11. The van der Waals surface area contributed by atoms with E-state index < -0.39 is 23.4 Å². The van der Waals surface area contributed by atoms with E-state index in [2.05, 4.69) is 22.4 Å². The normalized spacial score (nSPS) is 13.1. The van der Waals surface area contributed by atoms with E-state index in [-0.39, 0.29) is 24.6 Å². The molecule has 1 aliphatic rings. The standard InChI is InChI=1S/C25H21F3N2O3/c26-25(27,28)22-13-16(14-30-23(22)31)7-5-6-12-29-24(32)33-15-21-19-10-3-1-8-17(19)18-9-2-4-11-20(18)21/h1-5,7-11,13-14,21H,6,12,15H2,(H,29,32)(H,30,31). The number of alkyl halides is 3. The lowest BCUT2D eigenvalue weighted by atomic mass is 9.98. The van der Waals surface area contributed by atoms with Gasteiger partial charge in [-0.25, -0.2) is 4.79 Å². The third kappa shape index (κ3) is 5.00. The number of hydrogen-bond acceptors (Lipinski definition) is 3. The zero-order valence-corrected chi connectivity index (χ0v) is 17.5. The van der Waals surface area contributed by atoms with Crippen LogP contribution in [0.2, 0.25) is 0 Å². The zero-order valence-electron chi connectivity index (χ0n) is 17.5. The molecule has 0 atom stereocenters. The van der Waals surface area contributed by atoms with Gasteiger partial charge in [0.2, 0.25) is 0 Å². The first-order chi connectivity index (χ1) is 15.8. The Labute approximate surface area is 187 Å².